The number of methoxy groups -OCH3 is 1. The molecule has 0 radical (unpaired) electrons. The van der Waals surface area contributed by atoms with Crippen molar-refractivity contribution in [2.75, 3.05) is 32.1 Å². The molecule has 0 saturated carbocycles. The van der Waals surface area contributed by atoms with E-state index in [-0.39, 0.29) is 17.2 Å². The van der Waals surface area contributed by atoms with Crippen molar-refractivity contribution in [2.24, 2.45) is 0 Å². The third-order valence-electron chi connectivity index (χ3n) is 6.21. The summed E-state index contributed by atoms with van der Waals surface area (Å²) < 4.78 is 19.8. The topological polar surface area (TPSA) is 87.3 Å². The molecule has 3 aromatic rings. The average Bonchev–Trinajstić information content (AvgIpc) is 2.84. The molecule has 0 spiro atoms. The van der Waals surface area contributed by atoms with E-state index in [1.807, 2.05) is 6.07 Å². The van der Waals surface area contributed by atoms with Crippen LogP contribution in [0, 0.1) is 5.82 Å². The molecule has 8 heteroatoms. The van der Waals surface area contributed by atoms with Crippen molar-refractivity contribution in [3.05, 3.63) is 58.6 Å². The lowest BCUT2D eigenvalue weighted by molar-refractivity contribution is -0.116. The van der Waals surface area contributed by atoms with Gasteiger partial charge in [-0.3, -0.25) is 9.59 Å². The minimum Gasteiger partial charge on any atom is -0.381 e. The Labute approximate surface area is 191 Å². The van der Waals surface area contributed by atoms with E-state index in [4.69, 9.17) is 4.74 Å². The van der Waals surface area contributed by atoms with E-state index in [2.05, 4.69) is 20.4 Å². The first kappa shape index (κ1) is 23.1. The fourth-order valence-electron chi connectivity index (χ4n) is 4.31. The van der Waals surface area contributed by atoms with Crippen molar-refractivity contribution >= 4 is 22.4 Å². The Morgan fingerprint density at radius 3 is 2.70 bits per heavy atom. The van der Waals surface area contributed by atoms with E-state index in [1.165, 1.54) is 6.07 Å². The number of aromatic nitrogens is 2. The van der Waals surface area contributed by atoms with E-state index in [0.717, 1.165) is 45.3 Å². The van der Waals surface area contributed by atoms with Gasteiger partial charge in [0.2, 0.25) is 5.91 Å². The Morgan fingerprint density at radius 1 is 1.18 bits per heavy atom. The number of hydrogen-bond acceptors (Lipinski definition) is 5. The molecule has 0 aliphatic carbocycles. The van der Waals surface area contributed by atoms with Crippen molar-refractivity contribution in [3.8, 4) is 11.3 Å². The quantitative estimate of drug-likeness (QED) is 0.506. The molecule has 174 valence electrons. The summed E-state index contributed by atoms with van der Waals surface area (Å²) in [7, 11) is 1.76. The number of fused-ring (bicyclic) bond motifs is 1. The van der Waals surface area contributed by atoms with Crippen LogP contribution in [0.4, 0.5) is 10.1 Å². The van der Waals surface area contributed by atoms with Crippen molar-refractivity contribution in [1.29, 1.82) is 0 Å². The smallest absolute Gasteiger partial charge is 0.272 e. The second-order valence-electron chi connectivity index (χ2n) is 8.42. The number of piperidine rings is 1. The van der Waals surface area contributed by atoms with Crippen LogP contribution in [0.5, 0.6) is 0 Å². The van der Waals surface area contributed by atoms with E-state index in [0.29, 0.717) is 34.6 Å². The summed E-state index contributed by atoms with van der Waals surface area (Å²) in [6, 6.07) is 11.6. The molecule has 1 aromatic heterocycles. The Morgan fingerprint density at radius 2 is 1.94 bits per heavy atom. The highest BCUT2D eigenvalue weighted by atomic mass is 19.1. The van der Waals surface area contributed by atoms with Crippen molar-refractivity contribution in [3.63, 3.8) is 0 Å². The van der Waals surface area contributed by atoms with Gasteiger partial charge in [0.15, 0.2) is 0 Å². The first-order chi connectivity index (χ1) is 16.0. The summed E-state index contributed by atoms with van der Waals surface area (Å²) in [6.07, 6.45) is 4.45. The van der Waals surface area contributed by atoms with Crippen molar-refractivity contribution < 1.29 is 13.9 Å². The highest BCUT2D eigenvalue weighted by Gasteiger charge is 2.18. The largest absolute Gasteiger partial charge is 0.381 e. The number of H-pyrrole nitrogens is 1. The van der Waals surface area contributed by atoms with Gasteiger partial charge in [-0.05, 0) is 56.5 Å². The van der Waals surface area contributed by atoms with Gasteiger partial charge in [0, 0.05) is 37.6 Å². The number of halogens is 1. The van der Waals surface area contributed by atoms with E-state index >= 15 is 0 Å². The van der Waals surface area contributed by atoms with Gasteiger partial charge in [0.25, 0.3) is 5.56 Å². The number of amides is 1. The molecule has 1 aliphatic rings. The zero-order valence-corrected chi connectivity index (χ0v) is 18.8. The SMILES string of the molecule is COC1CCN(CCCCC(=O)Nc2cc(-c3n[nH]c(=O)c4ccccc34)ccc2F)CC1. The normalized spacial score (nSPS) is 15.1. The van der Waals surface area contributed by atoms with Crippen LogP contribution < -0.4 is 10.9 Å². The lowest BCUT2D eigenvalue weighted by Gasteiger charge is -2.31. The van der Waals surface area contributed by atoms with Gasteiger partial charge in [0.1, 0.15) is 5.82 Å². The van der Waals surface area contributed by atoms with Gasteiger partial charge in [-0.1, -0.05) is 18.2 Å². The zero-order chi connectivity index (χ0) is 23.2. The van der Waals surface area contributed by atoms with Crippen LogP contribution >= 0.6 is 0 Å². The predicted molar refractivity (Wildman–Crippen MR) is 127 cm³/mol. The molecule has 2 aromatic carbocycles. The van der Waals surface area contributed by atoms with Gasteiger partial charge in [-0.25, -0.2) is 9.49 Å². The van der Waals surface area contributed by atoms with Crippen LogP contribution in [0.1, 0.15) is 32.1 Å². The summed E-state index contributed by atoms with van der Waals surface area (Å²) in [4.78, 5) is 26.9. The van der Waals surface area contributed by atoms with Gasteiger partial charge < -0.3 is 15.0 Å². The summed E-state index contributed by atoms with van der Waals surface area (Å²) in [5.41, 5.74) is 0.959. The zero-order valence-electron chi connectivity index (χ0n) is 18.8. The van der Waals surface area contributed by atoms with Crippen LogP contribution in [0.3, 0.4) is 0 Å². The third kappa shape index (κ3) is 5.64. The molecule has 0 bridgehead atoms. The first-order valence-corrected chi connectivity index (χ1v) is 11.4. The third-order valence-corrected chi connectivity index (χ3v) is 6.21. The number of rotatable bonds is 8. The Balaban J connectivity index is 1.35. The van der Waals surface area contributed by atoms with E-state index in [9.17, 15) is 14.0 Å². The Bertz CT molecular complexity index is 1170. The first-order valence-electron chi connectivity index (χ1n) is 11.4. The molecule has 1 saturated heterocycles. The van der Waals surface area contributed by atoms with Crippen LogP contribution in [-0.4, -0.2) is 53.9 Å². The van der Waals surface area contributed by atoms with Crippen LogP contribution in [0.15, 0.2) is 47.3 Å². The average molecular weight is 453 g/mol. The summed E-state index contributed by atoms with van der Waals surface area (Å²) in [5, 5.41) is 10.5. The fraction of sp³-hybridized carbons (Fsp3) is 0.400. The summed E-state index contributed by atoms with van der Waals surface area (Å²) in [5.74, 6) is -0.731. The van der Waals surface area contributed by atoms with Gasteiger partial charge in [-0.15, -0.1) is 0 Å². The summed E-state index contributed by atoms with van der Waals surface area (Å²) >= 11 is 0. The number of carbonyl (C=O) groups excluding carboxylic acids is 1. The molecule has 1 amide bonds. The number of ether oxygens (including phenoxy) is 1. The van der Waals surface area contributed by atoms with Gasteiger partial charge in [0.05, 0.1) is 22.9 Å². The number of carbonyl (C=O) groups is 1. The maximum absolute atomic E-state index is 14.4. The maximum atomic E-state index is 14.4. The standard InChI is InChI=1S/C25H29FN4O3/c1-33-18-11-14-30(15-12-18)13-5-4-8-23(31)27-22-16-17(9-10-21(22)26)24-19-6-2-3-7-20(19)25(32)29-28-24/h2-3,6-7,9-10,16,18H,4-5,8,11-15H2,1H3,(H,27,31)(H,29,32). The molecule has 2 N–H and O–H groups in total. The number of benzene rings is 2. The fourth-order valence-corrected chi connectivity index (χ4v) is 4.31. The van der Waals surface area contributed by atoms with E-state index in [1.54, 1.807) is 37.4 Å². The molecule has 1 fully saturated rings. The number of anilines is 1. The minimum atomic E-state index is -0.512. The number of nitrogens with zero attached hydrogens (tertiary/aromatic N) is 2. The van der Waals surface area contributed by atoms with Gasteiger partial charge >= 0.3 is 0 Å². The molecule has 7 nitrogen and oxygen atoms in total. The number of hydrogen-bond donors (Lipinski definition) is 2. The highest BCUT2D eigenvalue weighted by Crippen LogP contribution is 2.28. The lowest BCUT2D eigenvalue weighted by atomic mass is 10.0. The van der Waals surface area contributed by atoms with Crippen molar-refractivity contribution in [1.82, 2.24) is 15.1 Å². The number of aromatic amines is 1. The monoisotopic (exact) mass is 452 g/mol. The predicted octanol–water partition coefficient (Wildman–Crippen LogP) is 3.95. The molecule has 4 rings (SSSR count). The van der Waals surface area contributed by atoms with Gasteiger partial charge in [-0.2, -0.15) is 5.10 Å². The number of unbranched alkanes of at least 4 members (excludes halogenated alkanes) is 1. The molecule has 0 atom stereocenters. The second-order valence-corrected chi connectivity index (χ2v) is 8.42. The summed E-state index contributed by atoms with van der Waals surface area (Å²) in [6.45, 7) is 3.00. The van der Waals surface area contributed by atoms with E-state index < -0.39 is 5.82 Å². The number of likely N-dealkylation sites (tertiary alicyclic amines) is 1. The lowest BCUT2D eigenvalue weighted by Crippen LogP contribution is -2.37. The molecule has 0 unspecified atom stereocenters. The Kier molecular flexibility index (Phi) is 7.47. The Hall–Kier alpha value is -3.10. The van der Waals surface area contributed by atoms with Crippen molar-refractivity contribution in [2.45, 2.75) is 38.2 Å². The molecular formula is C25H29FN4O3. The highest BCUT2D eigenvalue weighted by molar-refractivity contribution is 5.95. The van der Waals surface area contributed by atoms with Crippen LogP contribution in [-0.2, 0) is 9.53 Å². The number of nitrogens with one attached hydrogen (secondary N) is 2. The second kappa shape index (κ2) is 10.7. The van der Waals surface area contributed by atoms with Crippen LogP contribution in [0.2, 0.25) is 0 Å². The molecule has 33 heavy (non-hydrogen) atoms. The maximum Gasteiger partial charge on any atom is 0.272 e. The van der Waals surface area contributed by atoms with Crippen LogP contribution in [0.25, 0.3) is 22.0 Å². The minimum absolute atomic E-state index is 0.108. The molecule has 1 aliphatic heterocycles. The molecular weight excluding hydrogens is 423 g/mol. The molecule has 2 heterocycles.